The Balaban J connectivity index is 2.49. The summed E-state index contributed by atoms with van der Waals surface area (Å²) < 4.78 is 0. The highest BCUT2D eigenvalue weighted by Gasteiger charge is 1.97. The maximum Gasteiger partial charge on any atom is 0.0373 e. The lowest BCUT2D eigenvalue weighted by Crippen LogP contribution is -2.21. The van der Waals surface area contributed by atoms with Crippen molar-refractivity contribution in [3.05, 3.63) is 29.8 Å². The number of anilines is 1. The standard InChI is InChI=1S/C12H20N2/c1-4-11-7-5-6-8-12(11)13-9-10-14(2)3/h5-8,13H,4,9-10H2,1-3H3. The Morgan fingerprint density at radius 1 is 1.21 bits per heavy atom. The number of hydrogen-bond acceptors (Lipinski definition) is 2. The molecule has 0 unspecified atom stereocenters. The Morgan fingerprint density at radius 3 is 2.57 bits per heavy atom. The molecule has 1 rings (SSSR count). The van der Waals surface area contributed by atoms with Crippen LogP contribution in [0.1, 0.15) is 12.5 Å². The third kappa shape index (κ3) is 3.38. The van der Waals surface area contributed by atoms with Crippen molar-refractivity contribution in [2.75, 3.05) is 32.5 Å². The molecule has 0 fully saturated rings. The lowest BCUT2D eigenvalue weighted by Gasteiger charge is -2.13. The zero-order chi connectivity index (χ0) is 10.4. The van der Waals surface area contributed by atoms with Gasteiger partial charge in [0.2, 0.25) is 0 Å². The SMILES string of the molecule is CCc1ccccc1NCCN(C)C. The Labute approximate surface area is 86.9 Å². The lowest BCUT2D eigenvalue weighted by molar-refractivity contribution is 0.425. The highest BCUT2D eigenvalue weighted by atomic mass is 15.1. The monoisotopic (exact) mass is 192 g/mol. The molecule has 0 atom stereocenters. The fourth-order valence-electron chi connectivity index (χ4n) is 1.42. The van der Waals surface area contributed by atoms with Crippen molar-refractivity contribution < 1.29 is 0 Å². The Hall–Kier alpha value is -1.02. The molecule has 0 spiro atoms. The van der Waals surface area contributed by atoms with Gasteiger partial charge in [-0.25, -0.2) is 0 Å². The summed E-state index contributed by atoms with van der Waals surface area (Å²) in [5, 5.41) is 3.45. The summed E-state index contributed by atoms with van der Waals surface area (Å²) in [6.45, 7) is 4.26. The van der Waals surface area contributed by atoms with Crippen LogP contribution in [-0.2, 0) is 6.42 Å². The first-order valence-corrected chi connectivity index (χ1v) is 5.20. The first-order valence-electron chi connectivity index (χ1n) is 5.20. The Bertz CT molecular complexity index is 269. The van der Waals surface area contributed by atoms with Crippen LogP contribution in [0.4, 0.5) is 5.69 Å². The predicted molar refractivity (Wildman–Crippen MR) is 62.9 cm³/mol. The maximum absolute atomic E-state index is 3.45. The number of para-hydroxylation sites is 1. The van der Waals surface area contributed by atoms with Gasteiger partial charge in [0.15, 0.2) is 0 Å². The van der Waals surface area contributed by atoms with Crippen molar-refractivity contribution in [3.8, 4) is 0 Å². The van der Waals surface area contributed by atoms with E-state index in [0.29, 0.717) is 0 Å². The largest absolute Gasteiger partial charge is 0.384 e. The van der Waals surface area contributed by atoms with Crippen molar-refractivity contribution in [2.45, 2.75) is 13.3 Å². The van der Waals surface area contributed by atoms with Crippen LogP contribution in [0.15, 0.2) is 24.3 Å². The van der Waals surface area contributed by atoms with Gasteiger partial charge in [0.05, 0.1) is 0 Å². The number of nitrogens with zero attached hydrogens (tertiary/aromatic N) is 1. The first kappa shape index (κ1) is 11.1. The van der Waals surface area contributed by atoms with E-state index in [-0.39, 0.29) is 0 Å². The fourth-order valence-corrected chi connectivity index (χ4v) is 1.42. The van der Waals surface area contributed by atoms with Crippen molar-refractivity contribution in [2.24, 2.45) is 0 Å². The summed E-state index contributed by atoms with van der Waals surface area (Å²) in [5.74, 6) is 0. The van der Waals surface area contributed by atoms with Crippen molar-refractivity contribution in [1.29, 1.82) is 0 Å². The second-order valence-corrected chi connectivity index (χ2v) is 3.74. The minimum Gasteiger partial charge on any atom is -0.384 e. The van der Waals surface area contributed by atoms with Crippen LogP contribution in [0.3, 0.4) is 0 Å². The van der Waals surface area contributed by atoms with Crippen LogP contribution >= 0.6 is 0 Å². The van der Waals surface area contributed by atoms with Crippen molar-refractivity contribution >= 4 is 5.69 Å². The van der Waals surface area contributed by atoms with E-state index >= 15 is 0 Å². The second kappa shape index (κ2) is 5.66. The molecule has 0 aliphatic carbocycles. The number of aryl methyl sites for hydroxylation is 1. The fraction of sp³-hybridized carbons (Fsp3) is 0.500. The quantitative estimate of drug-likeness (QED) is 0.769. The van der Waals surface area contributed by atoms with Gasteiger partial charge in [-0.15, -0.1) is 0 Å². The summed E-state index contributed by atoms with van der Waals surface area (Å²) in [5.41, 5.74) is 2.67. The Kier molecular flexibility index (Phi) is 4.47. The molecular weight excluding hydrogens is 172 g/mol. The molecule has 0 aromatic heterocycles. The molecule has 78 valence electrons. The van der Waals surface area contributed by atoms with Crippen LogP contribution < -0.4 is 5.32 Å². The van der Waals surface area contributed by atoms with E-state index in [1.807, 2.05) is 0 Å². The maximum atomic E-state index is 3.45. The van der Waals surface area contributed by atoms with Gasteiger partial charge in [-0.05, 0) is 32.1 Å². The topological polar surface area (TPSA) is 15.3 Å². The second-order valence-electron chi connectivity index (χ2n) is 3.74. The van der Waals surface area contributed by atoms with Crippen LogP contribution in [-0.4, -0.2) is 32.1 Å². The highest BCUT2D eigenvalue weighted by molar-refractivity contribution is 5.50. The van der Waals surface area contributed by atoms with E-state index in [2.05, 4.69) is 55.5 Å². The third-order valence-electron chi connectivity index (χ3n) is 2.27. The summed E-state index contributed by atoms with van der Waals surface area (Å²) >= 11 is 0. The Morgan fingerprint density at radius 2 is 1.93 bits per heavy atom. The molecule has 2 heteroatoms. The van der Waals surface area contributed by atoms with Gasteiger partial charge in [0.1, 0.15) is 0 Å². The zero-order valence-corrected chi connectivity index (χ0v) is 9.38. The van der Waals surface area contributed by atoms with Gasteiger partial charge in [-0.3, -0.25) is 0 Å². The summed E-state index contributed by atoms with van der Waals surface area (Å²) in [6.07, 6.45) is 1.09. The molecule has 14 heavy (non-hydrogen) atoms. The molecule has 1 aromatic carbocycles. The number of benzene rings is 1. The molecule has 1 aromatic rings. The van der Waals surface area contributed by atoms with Crippen molar-refractivity contribution in [1.82, 2.24) is 4.90 Å². The third-order valence-corrected chi connectivity index (χ3v) is 2.27. The number of likely N-dealkylation sites (N-methyl/N-ethyl adjacent to an activating group) is 1. The van der Waals surface area contributed by atoms with Gasteiger partial charge < -0.3 is 10.2 Å². The van der Waals surface area contributed by atoms with E-state index in [1.54, 1.807) is 0 Å². The molecular formula is C12H20N2. The van der Waals surface area contributed by atoms with Gasteiger partial charge in [0, 0.05) is 18.8 Å². The zero-order valence-electron chi connectivity index (χ0n) is 9.38. The van der Waals surface area contributed by atoms with Crippen LogP contribution in [0.25, 0.3) is 0 Å². The summed E-state index contributed by atoms with van der Waals surface area (Å²) in [6, 6.07) is 8.50. The number of rotatable bonds is 5. The molecule has 0 radical (unpaired) electrons. The number of nitrogens with one attached hydrogen (secondary N) is 1. The normalized spacial score (nSPS) is 10.6. The molecule has 0 bridgehead atoms. The molecule has 0 aliphatic heterocycles. The van der Waals surface area contributed by atoms with Crippen LogP contribution in [0, 0.1) is 0 Å². The molecule has 0 heterocycles. The molecule has 1 N–H and O–H groups in total. The minimum atomic E-state index is 1.00. The lowest BCUT2D eigenvalue weighted by atomic mass is 10.1. The van der Waals surface area contributed by atoms with Crippen LogP contribution in [0.5, 0.6) is 0 Å². The van der Waals surface area contributed by atoms with E-state index in [4.69, 9.17) is 0 Å². The van der Waals surface area contributed by atoms with E-state index < -0.39 is 0 Å². The first-order chi connectivity index (χ1) is 6.74. The average Bonchev–Trinajstić information content (AvgIpc) is 2.18. The van der Waals surface area contributed by atoms with E-state index in [9.17, 15) is 0 Å². The molecule has 0 amide bonds. The molecule has 0 aliphatic rings. The smallest absolute Gasteiger partial charge is 0.0373 e. The predicted octanol–water partition coefficient (Wildman–Crippen LogP) is 2.22. The number of hydrogen-bond donors (Lipinski definition) is 1. The molecule has 2 nitrogen and oxygen atoms in total. The highest BCUT2D eigenvalue weighted by Crippen LogP contribution is 2.14. The molecule has 0 saturated carbocycles. The summed E-state index contributed by atoms with van der Waals surface area (Å²) in [7, 11) is 4.18. The van der Waals surface area contributed by atoms with Gasteiger partial charge in [-0.2, -0.15) is 0 Å². The molecule has 0 saturated heterocycles. The van der Waals surface area contributed by atoms with Crippen molar-refractivity contribution in [3.63, 3.8) is 0 Å². The van der Waals surface area contributed by atoms with E-state index in [1.165, 1.54) is 11.3 Å². The van der Waals surface area contributed by atoms with Gasteiger partial charge in [0.25, 0.3) is 0 Å². The van der Waals surface area contributed by atoms with Gasteiger partial charge >= 0.3 is 0 Å². The minimum absolute atomic E-state index is 1.00. The van der Waals surface area contributed by atoms with Crippen LogP contribution in [0.2, 0.25) is 0 Å². The van der Waals surface area contributed by atoms with E-state index in [0.717, 1.165) is 19.5 Å². The summed E-state index contributed by atoms with van der Waals surface area (Å²) in [4.78, 5) is 2.18. The average molecular weight is 192 g/mol. The van der Waals surface area contributed by atoms with Gasteiger partial charge in [-0.1, -0.05) is 25.1 Å².